The van der Waals surface area contributed by atoms with Crippen LogP contribution >= 0.6 is 0 Å². The van der Waals surface area contributed by atoms with Crippen molar-refractivity contribution in [3.05, 3.63) is 69.8 Å². The Morgan fingerprint density at radius 2 is 1.88 bits per heavy atom. The van der Waals surface area contributed by atoms with Crippen LogP contribution < -0.4 is 9.64 Å². The number of benzene rings is 2. The summed E-state index contributed by atoms with van der Waals surface area (Å²) in [5.41, 5.74) is 2.45. The summed E-state index contributed by atoms with van der Waals surface area (Å²) < 4.78 is 5.74. The Morgan fingerprint density at radius 1 is 1.15 bits per heavy atom. The molecule has 1 aliphatic heterocycles. The van der Waals surface area contributed by atoms with Crippen LogP contribution in [0.5, 0.6) is 5.75 Å². The Hall–Kier alpha value is -2.40. The number of nitro groups is 1. The summed E-state index contributed by atoms with van der Waals surface area (Å²) in [5, 5.41) is 11.1. The number of piperidine rings is 1. The van der Waals surface area contributed by atoms with Crippen molar-refractivity contribution in [2.75, 3.05) is 26.2 Å². The Labute approximate surface area is 154 Å². The highest BCUT2D eigenvalue weighted by Crippen LogP contribution is 2.27. The topological polar surface area (TPSA) is 56.8 Å². The molecule has 0 unspecified atom stereocenters. The summed E-state index contributed by atoms with van der Waals surface area (Å²) in [5.74, 6) is 1.15. The zero-order chi connectivity index (χ0) is 18.4. The molecule has 0 aromatic heterocycles. The number of quaternary nitrogens is 1. The van der Waals surface area contributed by atoms with Gasteiger partial charge in [-0.3, -0.25) is 10.1 Å². The summed E-state index contributed by atoms with van der Waals surface area (Å²) in [4.78, 5) is 12.3. The van der Waals surface area contributed by atoms with Crippen LogP contribution in [0.15, 0.2) is 48.5 Å². The lowest BCUT2D eigenvalue weighted by Crippen LogP contribution is -3.13. The second-order valence-electron chi connectivity index (χ2n) is 7.21. The molecule has 0 atom stereocenters. The summed E-state index contributed by atoms with van der Waals surface area (Å²) >= 11 is 0. The second kappa shape index (κ2) is 8.81. The maximum absolute atomic E-state index is 11.1. The first-order valence-electron chi connectivity index (χ1n) is 9.37. The molecule has 0 aliphatic carbocycles. The van der Waals surface area contributed by atoms with Gasteiger partial charge >= 0.3 is 5.69 Å². The van der Waals surface area contributed by atoms with Crippen LogP contribution in [0.25, 0.3) is 0 Å². The largest absolute Gasteiger partial charge is 0.481 e. The minimum Gasteiger partial charge on any atom is -0.481 e. The average Bonchev–Trinajstić information content (AvgIpc) is 2.64. The van der Waals surface area contributed by atoms with Crippen LogP contribution in [-0.4, -0.2) is 31.2 Å². The fourth-order valence-corrected chi connectivity index (χ4v) is 3.68. The predicted molar refractivity (Wildman–Crippen MR) is 102 cm³/mol. The molecule has 2 aromatic carbocycles. The van der Waals surface area contributed by atoms with Crippen LogP contribution in [0.1, 0.15) is 24.0 Å². The summed E-state index contributed by atoms with van der Waals surface area (Å²) in [7, 11) is 0. The van der Waals surface area contributed by atoms with E-state index in [1.54, 1.807) is 12.1 Å². The molecular formula is C21H27N2O3+. The normalized spacial score (nSPS) is 19.9. The van der Waals surface area contributed by atoms with Gasteiger partial charge in [-0.1, -0.05) is 36.4 Å². The smallest absolute Gasteiger partial charge is 0.310 e. The van der Waals surface area contributed by atoms with Gasteiger partial charge in [0.25, 0.3) is 0 Å². The summed E-state index contributed by atoms with van der Waals surface area (Å²) in [6, 6.07) is 15.7. The van der Waals surface area contributed by atoms with Crippen LogP contribution in [0.4, 0.5) is 5.69 Å². The molecule has 1 N–H and O–H groups in total. The first kappa shape index (κ1) is 18.4. The molecule has 0 amide bonds. The van der Waals surface area contributed by atoms with Gasteiger partial charge in [-0.05, 0) is 49.3 Å². The van der Waals surface area contributed by atoms with Crippen molar-refractivity contribution in [3.8, 4) is 5.75 Å². The van der Waals surface area contributed by atoms with Crippen molar-refractivity contribution >= 4 is 5.69 Å². The van der Waals surface area contributed by atoms with Crippen LogP contribution in [-0.2, 0) is 6.42 Å². The number of hydrogen-bond acceptors (Lipinski definition) is 3. The fraction of sp³-hybridized carbons (Fsp3) is 0.429. The van der Waals surface area contributed by atoms with E-state index in [0.29, 0.717) is 12.4 Å². The van der Waals surface area contributed by atoms with Crippen molar-refractivity contribution in [3.63, 3.8) is 0 Å². The van der Waals surface area contributed by atoms with E-state index in [1.165, 1.54) is 35.8 Å². The number of hydrogen-bond donors (Lipinski definition) is 1. The molecule has 1 heterocycles. The molecule has 1 saturated heterocycles. The van der Waals surface area contributed by atoms with Crippen molar-refractivity contribution in [1.29, 1.82) is 0 Å². The highest BCUT2D eigenvalue weighted by molar-refractivity contribution is 5.48. The Morgan fingerprint density at radius 3 is 2.58 bits per heavy atom. The van der Waals surface area contributed by atoms with Gasteiger partial charge in [0.15, 0.2) is 5.75 Å². The van der Waals surface area contributed by atoms with Crippen molar-refractivity contribution in [2.45, 2.75) is 26.2 Å². The number of nitrogens with one attached hydrogen (secondary N) is 1. The van der Waals surface area contributed by atoms with Gasteiger partial charge in [0.05, 0.1) is 18.0 Å². The summed E-state index contributed by atoms with van der Waals surface area (Å²) in [6.45, 7) is 5.62. The van der Waals surface area contributed by atoms with Crippen LogP contribution in [0.3, 0.4) is 0 Å². The molecule has 2 aromatic rings. The highest BCUT2D eigenvalue weighted by atomic mass is 16.6. The third kappa shape index (κ3) is 5.05. The van der Waals surface area contributed by atoms with Gasteiger partial charge < -0.3 is 9.64 Å². The van der Waals surface area contributed by atoms with E-state index in [9.17, 15) is 10.1 Å². The molecule has 5 heteroatoms. The number of nitrogens with zero attached hydrogens (tertiary/aromatic N) is 1. The SMILES string of the molecule is Cc1ccc([N+](=O)[O-])c(OCC[NH+]2CCC(Cc3ccccc3)CC2)c1. The quantitative estimate of drug-likeness (QED) is 0.614. The van der Waals surface area contributed by atoms with Gasteiger partial charge in [0.1, 0.15) is 13.2 Å². The van der Waals surface area contributed by atoms with Crippen molar-refractivity contribution < 1.29 is 14.6 Å². The maximum atomic E-state index is 11.1. The Balaban J connectivity index is 1.43. The van der Waals surface area contributed by atoms with Gasteiger partial charge in [-0.15, -0.1) is 0 Å². The fourth-order valence-electron chi connectivity index (χ4n) is 3.68. The third-order valence-electron chi connectivity index (χ3n) is 5.20. The molecule has 0 radical (unpaired) electrons. The van der Waals surface area contributed by atoms with E-state index >= 15 is 0 Å². The van der Waals surface area contributed by atoms with Gasteiger partial charge in [-0.25, -0.2) is 0 Å². The monoisotopic (exact) mass is 355 g/mol. The lowest BCUT2D eigenvalue weighted by atomic mass is 9.90. The number of likely N-dealkylation sites (tertiary alicyclic amines) is 1. The van der Waals surface area contributed by atoms with Gasteiger partial charge in [-0.2, -0.15) is 0 Å². The first-order chi connectivity index (χ1) is 12.6. The minimum atomic E-state index is -0.378. The minimum absolute atomic E-state index is 0.0483. The van der Waals surface area contributed by atoms with E-state index in [2.05, 4.69) is 30.3 Å². The maximum Gasteiger partial charge on any atom is 0.310 e. The van der Waals surface area contributed by atoms with Crippen LogP contribution in [0.2, 0.25) is 0 Å². The zero-order valence-electron chi connectivity index (χ0n) is 15.3. The van der Waals surface area contributed by atoms with Gasteiger partial charge in [0.2, 0.25) is 0 Å². The van der Waals surface area contributed by atoms with Crippen molar-refractivity contribution in [2.24, 2.45) is 5.92 Å². The molecule has 0 spiro atoms. The summed E-state index contributed by atoms with van der Waals surface area (Å²) in [6.07, 6.45) is 3.63. The molecule has 1 aliphatic rings. The standard InChI is InChI=1S/C21H26N2O3/c1-17-7-8-20(23(24)25)21(15-17)26-14-13-22-11-9-19(10-12-22)16-18-5-3-2-4-6-18/h2-8,15,19H,9-14,16H2,1H3/p+1. The molecule has 0 saturated carbocycles. The molecular weight excluding hydrogens is 328 g/mol. The highest BCUT2D eigenvalue weighted by Gasteiger charge is 2.22. The predicted octanol–water partition coefficient (Wildman–Crippen LogP) is 2.82. The zero-order valence-corrected chi connectivity index (χ0v) is 15.3. The third-order valence-corrected chi connectivity index (χ3v) is 5.20. The van der Waals surface area contributed by atoms with Gasteiger partial charge in [0, 0.05) is 6.07 Å². The number of nitro benzene ring substituents is 1. The Kier molecular flexibility index (Phi) is 6.23. The molecule has 26 heavy (non-hydrogen) atoms. The van der Waals surface area contributed by atoms with Crippen LogP contribution in [0, 0.1) is 23.0 Å². The number of ether oxygens (including phenoxy) is 1. The Bertz CT molecular complexity index is 725. The molecule has 0 bridgehead atoms. The molecule has 3 rings (SSSR count). The first-order valence-corrected chi connectivity index (χ1v) is 9.37. The molecule has 1 fully saturated rings. The number of aryl methyl sites for hydroxylation is 1. The number of rotatable bonds is 7. The second-order valence-corrected chi connectivity index (χ2v) is 7.21. The lowest BCUT2D eigenvalue weighted by molar-refractivity contribution is -0.906. The molecule has 5 nitrogen and oxygen atoms in total. The lowest BCUT2D eigenvalue weighted by Gasteiger charge is -2.29. The van der Waals surface area contributed by atoms with E-state index in [4.69, 9.17) is 4.74 Å². The van der Waals surface area contributed by atoms with Crippen molar-refractivity contribution in [1.82, 2.24) is 0 Å². The van der Waals surface area contributed by atoms with E-state index in [0.717, 1.165) is 31.1 Å². The van der Waals surface area contributed by atoms with E-state index < -0.39 is 0 Å². The average molecular weight is 355 g/mol. The van der Waals surface area contributed by atoms with E-state index in [1.807, 2.05) is 6.92 Å². The van der Waals surface area contributed by atoms with E-state index in [-0.39, 0.29) is 10.6 Å². The molecule has 138 valence electrons.